The molecule has 0 aliphatic carbocycles. The van der Waals surface area contributed by atoms with E-state index < -0.39 is 0 Å². The van der Waals surface area contributed by atoms with Gasteiger partial charge in [-0.1, -0.05) is 20.3 Å². The maximum Gasteiger partial charge on any atom is 0.0594 e. The maximum atomic E-state index is 5.34. The lowest BCUT2D eigenvalue weighted by molar-refractivity contribution is 0.0374. The largest absolute Gasteiger partial charge is 0.379 e. The molecule has 0 amide bonds. The summed E-state index contributed by atoms with van der Waals surface area (Å²) in [7, 11) is 0. The van der Waals surface area contributed by atoms with E-state index in [1.165, 1.54) is 19.3 Å². The second-order valence-corrected chi connectivity index (χ2v) is 5.05. The minimum Gasteiger partial charge on any atom is -0.379 e. The fourth-order valence-corrected chi connectivity index (χ4v) is 2.28. The van der Waals surface area contributed by atoms with E-state index in [2.05, 4.69) is 31.0 Å². The Bertz CT molecular complexity index is 181. The first-order chi connectivity index (χ1) is 7.70. The summed E-state index contributed by atoms with van der Waals surface area (Å²) in [5, 5.41) is 3.71. The van der Waals surface area contributed by atoms with E-state index >= 15 is 0 Å². The van der Waals surface area contributed by atoms with Gasteiger partial charge in [-0.05, 0) is 19.8 Å². The van der Waals surface area contributed by atoms with Gasteiger partial charge in [-0.2, -0.15) is 0 Å². The summed E-state index contributed by atoms with van der Waals surface area (Å²) in [6.07, 6.45) is 3.74. The lowest BCUT2D eigenvalue weighted by Gasteiger charge is -2.32. The zero-order valence-electron chi connectivity index (χ0n) is 11.2. The first kappa shape index (κ1) is 13.9. The Balaban J connectivity index is 2.16. The van der Waals surface area contributed by atoms with Crippen LogP contribution in [0.4, 0.5) is 0 Å². The minimum absolute atomic E-state index is 0.334. The van der Waals surface area contributed by atoms with Gasteiger partial charge in [0.2, 0.25) is 0 Å². The summed E-state index contributed by atoms with van der Waals surface area (Å²) in [4.78, 5) is 2.48. The predicted octanol–water partition coefficient (Wildman–Crippen LogP) is 1.88. The molecule has 0 aromatic rings. The Labute approximate surface area is 101 Å². The minimum atomic E-state index is 0.334. The van der Waals surface area contributed by atoms with Gasteiger partial charge in [0.25, 0.3) is 0 Å². The van der Waals surface area contributed by atoms with Crippen LogP contribution in [0.15, 0.2) is 0 Å². The van der Waals surface area contributed by atoms with Gasteiger partial charge < -0.3 is 10.1 Å². The van der Waals surface area contributed by atoms with Crippen LogP contribution in [-0.2, 0) is 4.74 Å². The van der Waals surface area contributed by atoms with Crippen LogP contribution in [0.25, 0.3) is 0 Å². The van der Waals surface area contributed by atoms with Crippen LogP contribution >= 0.6 is 0 Å². The highest BCUT2D eigenvalue weighted by molar-refractivity contribution is 4.81. The molecule has 1 saturated heterocycles. The molecule has 0 aromatic carbocycles. The molecule has 1 rings (SSSR count). The monoisotopic (exact) mass is 228 g/mol. The van der Waals surface area contributed by atoms with Crippen LogP contribution < -0.4 is 5.32 Å². The van der Waals surface area contributed by atoms with Crippen molar-refractivity contribution < 1.29 is 4.74 Å². The van der Waals surface area contributed by atoms with Crippen LogP contribution in [-0.4, -0.2) is 49.8 Å². The highest BCUT2D eigenvalue weighted by atomic mass is 16.5. The summed E-state index contributed by atoms with van der Waals surface area (Å²) in [5.41, 5.74) is 0.334. The molecule has 16 heavy (non-hydrogen) atoms. The molecule has 1 fully saturated rings. The number of ether oxygens (including phenoxy) is 1. The van der Waals surface area contributed by atoms with E-state index in [0.717, 1.165) is 39.4 Å². The number of morpholine rings is 1. The molecular formula is C13H28N2O. The average molecular weight is 228 g/mol. The number of nitrogens with one attached hydrogen (secondary N) is 1. The molecule has 0 bridgehead atoms. The van der Waals surface area contributed by atoms with Crippen molar-refractivity contribution in [1.29, 1.82) is 0 Å². The van der Waals surface area contributed by atoms with E-state index in [-0.39, 0.29) is 0 Å². The Kier molecular flexibility index (Phi) is 6.32. The van der Waals surface area contributed by atoms with Gasteiger partial charge in [0, 0.05) is 31.7 Å². The third-order valence-electron chi connectivity index (χ3n) is 3.67. The van der Waals surface area contributed by atoms with Gasteiger partial charge in [0.05, 0.1) is 13.2 Å². The van der Waals surface area contributed by atoms with E-state index in [4.69, 9.17) is 4.74 Å². The molecule has 3 nitrogen and oxygen atoms in total. The third-order valence-corrected chi connectivity index (χ3v) is 3.67. The summed E-state index contributed by atoms with van der Waals surface area (Å²) >= 11 is 0. The number of nitrogens with zero attached hydrogens (tertiary/aromatic N) is 1. The van der Waals surface area contributed by atoms with Crippen molar-refractivity contribution in [3.8, 4) is 0 Å². The molecule has 1 atom stereocenters. The number of hydrogen-bond acceptors (Lipinski definition) is 3. The third kappa shape index (κ3) is 4.81. The molecule has 1 N–H and O–H groups in total. The Morgan fingerprint density at radius 3 is 2.50 bits per heavy atom. The van der Waals surface area contributed by atoms with E-state index in [0.29, 0.717) is 5.54 Å². The van der Waals surface area contributed by atoms with Crippen molar-refractivity contribution in [3.63, 3.8) is 0 Å². The molecule has 1 aliphatic heterocycles. The first-order valence-electron chi connectivity index (χ1n) is 6.75. The zero-order chi connectivity index (χ0) is 11.9. The molecule has 0 aromatic heterocycles. The molecule has 1 heterocycles. The summed E-state index contributed by atoms with van der Waals surface area (Å²) in [5.74, 6) is 0. The molecule has 0 radical (unpaired) electrons. The highest BCUT2D eigenvalue weighted by Gasteiger charge is 2.20. The van der Waals surface area contributed by atoms with Gasteiger partial charge in [0.1, 0.15) is 0 Å². The van der Waals surface area contributed by atoms with Crippen LogP contribution in [0.2, 0.25) is 0 Å². The summed E-state index contributed by atoms with van der Waals surface area (Å²) in [6, 6.07) is 0. The molecule has 1 aliphatic rings. The van der Waals surface area contributed by atoms with Gasteiger partial charge in [-0.25, -0.2) is 0 Å². The molecular weight excluding hydrogens is 200 g/mol. The SMILES string of the molecule is CCCC(C)(CC)NCCN1CCOCC1. The smallest absolute Gasteiger partial charge is 0.0594 e. The van der Waals surface area contributed by atoms with Crippen molar-refractivity contribution in [2.75, 3.05) is 39.4 Å². The lowest BCUT2D eigenvalue weighted by atomic mass is 9.93. The second-order valence-electron chi connectivity index (χ2n) is 5.05. The molecule has 0 saturated carbocycles. The Morgan fingerprint density at radius 2 is 1.94 bits per heavy atom. The number of rotatable bonds is 7. The first-order valence-corrected chi connectivity index (χ1v) is 6.75. The van der Waals surface area contributed by atoms with Gasteiger partial charge in [-0.15, -0.1) is 0 Å². The Morgan fingerprint density at radius 1 is 1.25 bits per heavy atom. The van der Waals surface area contributed by atoms with E-state index in [9.17, 15) is 0 Å². The van der Waals surface area contributed by atoms with Crippen molar-refractivity contribution in [2.45, 2.75) is 45.6 Å². The number of hydrogen-bond donors (Lipinski definition) is 1. The van der Waals surface area contributed by atoms with Gasteiger partial charge in [-0.3, -0.25) is 4.90 Å². The molecule has 1 unspecified atom stereocenters. The second kappa shape index (κ2) is 7.25. The zero-order valence-corrected chi connectivity index (χ0v) is 11.2. The van der Waals surface area contributed by atoms with Crippen LogP contribution in [0.3, 0.4) is 0 Å². The fourth-order valence-electron chi connectivity index (χ4n) is 2.28. The quantitative estimate of drug-likeness (QED) is 0.720. The standard InChI is InChI=1S/C13H28N2O/c1-4-6-13(3,5-2)14-7-8-15-9-11-16-12-10-15/h14H,4-12H2,1-3H3. The van der Waals surface area contributed by atoms with Crippen LogP contribution in [0.1, 0.15) is 40.0 Å². The average Bonchev–Trinajstić information content (AvgIpc) is 2.31. The fraction of sp³-hybridized carbons (Fsp3) is 1.00. The summed E-state index contributed by atoms with van der Waals surface area (Å²) in [6.45, 7) is 13.1. The maximum absolute atomic E-state index is 5.34. The molecule has 3 heteroatoms. The van der Waals surface area contributed by atoms with Gasteiger partial charge >= 0.3 is 0 Å². The van der Waals surface area contributed by atoms with E-state index in [1.54, 1.807) is 0 Å². The van der Waals surface area contributed by atoms with Crippen LogP contribution in [0, 0.1) is 0 Å². The van der Waals surface area contributed by atoms with Crippen LogP contribution in [0.5, 0.6) is 0 Å². The molecule has 0 spiro atoms. The summed E-state index contributed by atoms with van der Waals surface area (Å²) < 4.78 is 5.34. The topological polar surface area (TPSA) is 24.5 Å². The Hall–Kier alpha value is -0.120. The molecule has 96 valence electrons. The van der Waals surface area contributed by atoms with Crippen molar-refractivity contribution in [1.82, 2.24) is 10.2 Å². The van der Waals surface area contributed by atoms with E-state index in [1.807, 2.05) is 0 Å². The lowest BCUT2D eigenvalue weighted by Crippen LogP contribution is -2.47. The van der Waals surface area contributed by atoms with Gasteiger partial charge in [0.15, 0.2) is 0 Å². The van der Waals surface area contributed by atoms with Crippen molar-refractivity contribution >= 4 is 0 Å². The predicted molar refractivity (Wildman–Crippen MR) is 68.9 cm³/mol. The van der Waals surface area contributed by atoms with Crippen molar-refractivity contribution in [3.05, 3.63) is 0 Å². The normalized spacial score (nSPS) is 21.9. The van der Waals surface area contributed by atoms with Crippen molar-refractivity contribution in [2.24, 2.45) is 0 Å². The highest BCUT2D eigenvalue weighted by Crippen LogP contribution is 2.15.